The molecule has 150 valence electrons. The maximum atomic E-state index is 12.4. The number of piperazine rings is 1. The van der Waals surface area contributed by atoms with Gasteiger partial charge in [0.2, 0.25) is 0 Å². The number of rotatable bonds is 2. The fraction of sp³-hybridized carbons (Fsp3) is 0.167. The van der Waals surface area contributed by atoms with Crippen LogP contribution < -0.4 is 4.90 Å². The van der Waals surface area contributed by atoms with E-state index in [1.165, 1.54) is 28.2 Å². The molecule has 4 nitrogen and oxygen atoms in total. The zero-order valence-corrected chi connectivity index (χ0v) is 17.9. The van der Waals surface area contributed by atoms with Crippen molar-refractivity contribution in [3.8, 4) is 0 Å². The molecule has 0 radical (unpaired) electrons. The SMILES string of the molecule is O=C1N=C(N2CCN(c3cccc4ccccc34)CC2)SC1=Cc1ccc(Cl)cc1. The zero-order chi connectivity index (χ0) is 20.5. The van der Waals surface area contributed by atoms with Gasteiger partial charge in [0.1, 0.15) is 0 Å². The molecule has 3 aromatic carbocycles. The number of hydrogen-bond acceptors (Lipinski definition) is 4. The maximum absolute atomic E-state index is 12.4. The van der Waals surface area contributed by atoms with E-state index in [0.717, 1.165) is 36.9 Å². The molecule has 2 aliphatic heterocycles. The van der Waals surface area contributed by atoms with Crippen LogP contribution in [0.25, 0.3) is 16.8 Å². The summed E-state index contributed by atoms with van der Waals surface area (Å²) >= 11 is 7.40. The highest BCUT2D eigenvalue weighted by atomic mass is 35.5. The Morgan fingerprint density at radius 1 is 0.867 bits per heavy atom. The van der Waals surface area contributed by atoms with Crippen molar-refractivity contribution in [2.45, 2.75) is 0 Å². The summed E-state index contributed by atoms with van der Waals surface area (Å²) in [6.07, 6.45) is 1.88. The summed E-state index contributed by atoms with van der Waals surface area (Å²) in [7, 11) is 0. The molecule has 6 heteroatoms. The van der Waals surface area contributed by atoms with Crippen molar-refractivity contribution in [1.82, 2.24) is 4.90 Å². The third-order valence-corrected chi connectivity index (χ3v) is 6.73. The monoisotopic (exact) mass is 433 g/mol. The van der Waals surface area contributed by atoms with Crippen LogP contribution in [0.2, 0.25) is 5.02 Å². The number of carbonyl (C=O) groups excluding carboxylic acids is 1. The lowest BCUT2D eigenvalue weighted by Gasteiger charge is -2.37. The van der Waals surface area contributed by atoms with Crippen molar-refractivity contribution in [3.63, 3.8) is 0 Å². The van der Waals surface area contributed by atoms with Crippen molar-refractivity contribution in [3.05, 3.63) is 82.2 Å². The standard InChI is InChI=1S/C24H20ClN3OS/c25-19-10-8-17(9-11-19)16-22-23(29)26-24(30-22)28-14-12-27(13-15-28)21-7-3-5-18-4-1-2-6-20(18)21/h1-11,16H,12-15H2. The predicted molar refractivity (Wildman–Crippen MR) is 127 cm³/mol. The highest BCUT2D eigenvalue weighted by molar-refractivity contribution is 8.18. The number of thioether (sulfide) groups is 1. The van der Waals surface area contributed by atoms with E-state index >= 15 is 0 Å². The molecule has 2 aliphatic rings. The first-order valence-electron chi connectivity index (χ1n) is 9.93. The molecule has 30 heavy (non-hydrogen) atoms. The summed E-state index contributed by atoms with van der Waals surface area (Å²) < 4.78 is 0. The summed E-state index contributed by atoms with van der Waals surface area (Å²) in [5.41, 5.74) is 2.22. The van der Waals surface area contributed by atoms with Crippen molar-refractivity contribution in [2.75, 3.05) is 31.1 Å². The van der Waals surface area contributed by atoms with E-state index in [1.54, 1.807) is 0 Å². The van der Waals surface area contributed by atoms with Gasteiger partial charge in [-0.3, -0.25) is 4.79 Å². The van der Waals surface area contributed by atoms with Crippen molar-refractivity contribution in [2.24, 2.45) is 4.99 Å². The summed E-state index contributed by atoms with van der Waals surface area (Å²) in [4.78, 5) is 22.0. The van der Waals surface area contributed by atoms with Gasteiger partial charge in [0.15, 0.2) is 5.17 Å². The number of hydrogen-bond donors (Lipinski definition) is 0. The number of nitrogens with zero attached hydrogens (tertiary/aromatic N) is 3. The summed E-state index contributed by atoms with van der Waals surface area (Å²) in [6, 6.07) is 22.4. The highest BCUT2D eigenvalue weighted by Crippen LogP contribution is 2.32. The molecule has 0 unspecified atom stereocenters. The minimum atomic E-state index is -0.165. The van der Waals surface area contributed by atoms with E-state index < -0.39 is 0 Å². The molecule has 0 aromatic heterocycles. The normalized spacial score (nSPS) is 18.4. The molecule has 5 rings (SSSR count). The molecule has 0 N–H and O–H groups in total. The molecule has 1 amide bonds. The van der Waals surface area contributed by atoms with E-state index in [1.807, 2.05) is 30.3 Å². The smallest absolute Gasteiger partial charge is 0.286 e. The minimum Gasteiger partial charge on any atom is -0.367 e. The first-order chi connectivity index (χ1) is 14.7. The van der Waals surface area contributed by atoms with Gasteiger partial charge in [-0.15, -0.1) is 0 Å². The minimum absolute atomic E-state index is 0.165. The predicted octanol–water partition coefficient (Wildman–Crippen LogP) is 5.29. The van der Waals surface area contributed by atoms with Gasteiger partial charge in [-0.1, -0.05) is 60.1 Å². The van der Waals surface area contributed by atoms with Crippen LogP contribution in [0.3, 0.4) is 0 Å². The largest absolute Gasteiger partial charge is 0.367 e. The molecule has 0 bridgehead atoms. The van der Waals surface area contributed by atoms with Crippen LogP contribution in [0.15, 0.2) is 76.6 Å². The van der Waals surface area contributed by atoms with Gasteiger partial charge in [0.25, 0.3) is 5.91 Å². The van der Waals surface area contributed by atoms with Gasteiger partial charge in [-0.25, -0.2) is 0 Å². The first-order valence-corrected chi connectivity index (χ1v) is 11.1. The summed E-state index contributed by atoms with van der Waals surface area (Å²) in [6.45, 7) is 3.49. The number of amidine groups is 1. The number of amides is 1. The molecular weight excluding hydrogens is 414 g/mol. The number of carbonyl (C=O) groups is 1. The Kier molecular flexibility index (Phi) is 5.23. The van der Waals surface area contributed by atoms with E-state index in [-0.39, 0.29) is 5.91 Å². The lowest BCUT2D eigenvalue weighted by Crippen LogP contribution is -2.47. The van der Waals surface area contributed by atoms with Gasteiger partial charge in [0, 0.05) is 42.3 Å². The van der Waals surface area contributed by atoms with Crippen LogP contribution in [0.4, 0.5) is 5.69 Å². The lowest BCUT2D eigenvalue weighted by molar-refractivity contribution is -0.113. The molecular formula is C24H20ClN3OS. The second-order valence-corrected chi connectivity index (χ2v) is 8.78. The Labute approximate surface area is 184 Å². The van der Waals surface area contributed by atoms with Gasteiger partial charge < -0.3 is 9.80 Å². The van der Waals surface area contributed by atoms with E-state index in [9.17, 15) is 4.79 Å². The number of fused-ring (bicyclic) bond motifs is 1. The van der Waals surface area contributed by atoms with Gasteiger partial charge >= 0.3 is 0 Å². The third-order valence-electron chi connectivity index (χ3n) is 5.43. The highest BCUT2D eigenvalue weighted by Gasteiger charge is 2.28. The first kappa shape index (κ1) is 19.2. The molecule has 0 saturated carbocycles. The Bertz CT molecular complexity index is 1160. The van der Waals surface area contributed by atoms with Crippen molar-refractivity contribution < 1.29 is 4.79 Å². The Balaban J connectivity index is 1.27. The van der Waals surface area contributed by atoms with Crippen LogP contribution in [0, 0.1) is 0 Å². The molecule has 1 saturated heterocycles. The maximum Gasteiger partial charge on any atom is 0.286 e. The topological polar surface area (TPSA) is 35.9 Å². The summed E-state index contributed by atoms with van der Waals surface area (Å²) in [5, 5.41) is 4.03. The average molecular weight is 434 g/mol. The molecule has 2 heterocycles. The third kappa shape index (κ3) is 3.83. The fourth-order valence-electron chi connectivity index (χ4n) is 3.87. The zero-order valence-electron chi connectivity index (χ0n) is 16.3. The number of benzene rings is 3. The number of halogens is 1. The van der Waals surface area contributed by atoms with Gasteiger partial charge in [-0.2, -0.15) is 4.99 Å². The van der Waals surface area contributed by atoms with Crippen LogP contribution in [0.5, 0.6) is 0 Å². The molecule has 1 fully saturated rings. The van der Waals surface area contributed by atoms with Gasteiger partial charge in [0.05, 0.1) is 4.91 Å². The van der Waals surface area contributed by atoms with E-state index in [2.05, 4.69) is 57.3 Å². The van der Waals surface area contributed by atoms with Crippen LogP contribution in [0.1, 0.15) is 5.56 Å². The quantitative estimate of drug-likeness (QED) is 0.515. The van der Waals surface area contributed by atoms with Crippen molar-refractivity contribution in [1.29, 1.82) is 0 Å². The molecule has 0 spiro atoms. The molecule has 3 aromatic rings. The fourth-order valence-corrected chi connectivity index (χ4v) is 4.96. The molecule has 0 atom stereocenters. The van der Waals surface area contributed by atoms with Crippen LogP contribution in [-0.2, 0) is 4.79 Å². The molecule has 0 aliphatic carbocycles. The summed E-state index contributed by atoms with van der Waals surface area (Å²) in [5.74, 6) is -0.165. The Morgan fingerprint density at radius 3 is 2.37 bits per heavy atom. The average Bonchev–Trinajstić information content (AvgIpc) is 3.15. The number of aliphatic imine (C=N–C) groups is 1. The second kappa shape index (κ2) is 8.17. The van der Waals surface area contributed by atoms with Crippen LogP contribution in [-0.4, -0.2) is 42.2 Å². The van der Waals surface area contributed by atoms with E-state index in [0.29, 0.717) is 9.93 Å². The second-order valence-electron chi connectivity index (χ2n) is 7.33. The number of anilines is 1. The van der Waals surface area contributed by atoms with Crippen LogP contribution >= 0.6 is 23.4 Å². The lowest BCUT2D eigenvalue weighted by atomic mass is 10.1. The van der Waals surface area contributed by atoms with Crippen molar-refractivity contribution >= 4 is 57.0 Å². The van der Waals surface area contributed by atoms with E-state index in [4.69, 9.17) is 11.6 Å². The van der Waals surface area contributed by atoms with Gasteiger partial charge in [-0.05, 0) is 47.0 Å². The Hall–Kier alpha value is -2.76. The Morgan fingerprint density at radius 2 is 1.57 bits per heavy atom.